The molecule has 0 aliphatic rings. The Morgan fingerprint density at radius 2 is 2.00 bits per heavy atom. The van der Waals surface area contributed by atoms with E-state index < -0.39 is 5.76 Å². The number of amides is 1. The van der Waals surface area contributed by atoms with Crippen LogP contribution in [0.4, 0.5) is 4.39 Å². The van der Waals surface area contributed by atoms with Gasteiger partial charge in [0.15, 0.2) is 5.58 Å². The molecular weight excluding hydrogens is 311 g/mol. The number of fused-ring (bicyclic) bond motifs is 1. The summed E-state index contributed by atoms with van der Waals surface area (Å²) in [6.07, 6.45) is 0.727. The number of benzene rings is 2. The van der Waals surface area contributed by atoms with Crippen LogP contribution < -0.4 is 11.1 Å². The topological polar surface area (TPSA) is 64.2 Å². The molecule has 1 heterocycles. The number of oxazole rings is 1. The lowest BCUT2D eigenvalue weighted by Crippen LogP contribution is -2.27. The molecule has 3 aromatic rings. The van der Waals surface area contributed by atoms with Crippen LogP contribution in [0.3, 0.4) is 0 Å². The van der Waals surface area contributed by atoms with E-state index in [-0.39, 0.29) is 24.7 Å². The normalized spacial score (nSPS) is 10.9. The average Bonchev–Trinajstić information content (AvgIpc) is 2.88. The first-order valence-electron chi connectivity index (χ1n) is 7.73. The lowest BCUT2D eigenvalue weighted by Gasteiger charge is -2.06. The summed E-state index contributed by atoms with van der Waals surface area (Å²) in [5.41, 5.74) is 2.01. The number of nitrogens with one attached hydrogen (secondary N) is 1. The summed E-state index contributed by atoms with van der Waals surface area (Å²) < 4.78 is 19.6. The van der Waals surface area contributed by atoms with Crippen LogP contribution in [-0.2, 0) is 17.8 Å². The molecule has 0 radical (unpaired) electrons. The van der Waals surface area contributed by atoms with Crippen molar-refractivity contribution in [3.63, 3.8) is 0 Å². The fourth-order valence-electron chi connectivity index (χ4n) is 2.57. The van der Waals surface area contributed by atoms with Crippen LogP contribution in [0.25, 0.3) is 11.1 Å². The number of aromatic nitrogens is 1. The second-order valence-electron chi connectivity index (χ2n) is 5.47. The number of rotatable bonds is 6. The zero-order valence-electron chi connectivity index (χ0n) is 13.0. The van der Waals surface area contributed by atoms with Gasteiger partial charge in [0.05, 0.1) is 5.52 Å². The molecule has 6 heteroatoms. The van der Waals surface area contributed by atoms with Gasteiger partial charge in [0.25, 0.3) is 0 Å². The van der Waals surface area contributed by atoms with Gasteiger partial charge in [-0.1, -0.05) is 24.3 Å². The van der Waals surface area contributed by atoms with Gasteiger partial charge >= 0.3 is 5.76 Å². The summed E-state index contributed by atoms with van der Waals surface area (Å²) in [5, 5.41) is 2.77. The standard InChI is InChI=1S/C18H17FN2O3/c19-14-5-3-4-13(12-14)8-10-20-17(22)9-11-21-15-6-1-2-7-16(15)24-18(21)23/h1-7,12H,8-11H2,(H,20,22). The first-order chi connectivity index (χ1) is 11.6. The van der Waals surface area contributed by atoms with E-state index in [4.69, 9.17) is 4.42 Å². The van der Waals surface area contributed by atoms with Crippen molar-refractivity contribution in [1.29, 1.82) is 0 Å². The van der Waals surface area contributed by atoms with Crippen molar-refractivity contribution in [2.24, 2.45) is 0 Å². The molecule has 0 unspecified atom stereocenters. The molecular formula is C18H17FN2O3. The number of hydrogen-bond acceptors (Lipinski definition) is 3. The molecule has 1 amide bonds. The van der Waals surface area contributed by atoms with Gasteiger partial charge in [-0.25, -0.2) is 9.18 Å². The van der Waals surface area contributed by atoms with Gasteiger partial charge < -0.3 is 9.73 Å². The van der Waals surface area contributed by atoms with E-state index >= 15 is 0 Å². The van der Waals surface area contributed by atoms with E-state index in [1.807, 2.05) is 12.1 Å². The Morgan fingerprint density at radius 1 is 1.17 bits per heavy atom. The van der Waals surface area contributed by atoms with Crippen molar-refractivity contribution < 1.29 is 13.6 Å². The maximum absolute atomic E-state index is 13.1. The zero-order chi connectivity index (χ0) is 16.9. The van der Waals surface area contributed by atoms with Crippen LogP contribution in [0.15, 0.2) is 57.7 Å². The molecule has 0 saturated carbocycles. The minimum absolute atomic E-state index is 0.163. The van der Waals surface area contributed by atoms with Crippen molar-refractivity contribution in [2.75, 3.05) is 6.54 Å². The minimum Gasteiger partial charge on any atom is -0.408 e. The second kappa shape index (κ2) is 7.12. The highest BCUT2D eigenvalue weighted by atomic mass is 19.1. The maximum atomic E-state index is 13.1. The Balaban J connectivity index is 1.52. The Morgan fingerprint density at radius 3 is 2.83 bits per heavy atom. The van der Waals surface area contributed by atoms with Crippen molar-refractivity contribution in [3.8, 4) is 0 Å². The lowest BCUT2D eigenvalue weighted by atomic mass is 10.1. The molecule has 2 aromatic carbocycles. The molecule has 3 rings (SSSR count). The monoisotopic (exact) mass is 328 g/mol. The highest BCUT2D eigenvalue weighted by molar-refractivity contribution is 5.76. The van der Waals surface area contributed by atoms with Crippen LogP contribution in [0, 0.1) is 5.82 Å². The zero-order valence-corrected chi connectivity index (χ0v) is 13.0. The third-order valence-corrected chi connectivity index (χ3v) is 3.76. The predicted octanol–water partition coefficient (Wildman–Crippen LogP) is 2.48. The van der Waals surface area contributed by atoms with Gasteiger partial charge in [0.2, 0.25) is 5.91 Å². The number of aryl methyl sites for hydroxylation is 1. The van der Waals surface area contributed by atoms with E-state index in [9.17, 15) is 14.0 Å². The van der Waals surface area contributed by atoms with Crippen LogP contribution in [-0.4, -0.2) is 17.0 Å². The van der Waals surface area contributed by atoms with E-state index in [1.54, 1.807) is 24.3 Å². The van der Waals surface area contributed by atoms with Crippen molar-refractivity contribution in [2.45, 2.75) is 19.4 Å². The van der Waals surface area contributed by atoms with Crippen molar-refractivity contribution >= 4 is 17.0 Å². The minimum atomic E-state index is -0.469. The lowest BCUT2D eigenvalue weighted by molar-refractivity contribution is -0.121. The predicted molar refractivity (Wildman–Crippen MR) is 88.2 cm³/mol. The summed E-state index contributed by atoms with van der Waals surface area (Å²) in [5.74, 6) is -0.919. The SMILES string of the molecule is O=C(CCn1c(=O)oc2ccccc21)NCCc1cccc(F)c1. The molecule has 1 N–H and O–H groups in total. The molecule has 0 spiro atoms. The second-order valence-corrected chi connectivity index (χ2v) is 5.47. The molecule has 124 valence electrons. The molecule has 0 aliphatic heterocycles. The first-order valence-corrected chi connectivity index (χ1v) is 7.73. The van der Waals surface area contributed by atoms with E-state index in [1.165, 1.54) is 16.7 Å². The molecule has 5 nitrogen and oxygen atoms in total. The fourth-order valence-corrected chi connectivity index (χ4v) is 2.57. The van der Waals surface area contributed by atoms with Crippen LogP contribution in [0.1, 0.15) is 12.0 Å². The number of nitrogens with zero attached hydrogens (tertiary/aromatic N) is 1. The van der Waals surface area contributed by atoms with Gasteiger partial charge in [-0.05, 0) is 36.2 Å². The van der Waals surface area contributed by atoms with E-state index in [0.29, 0.717) is 24.1 Å². The van der Waals surface area contributed by atoms with Gasteiger partial charge in [0.1, 0.15) is 5.82 Å². The summed E-state index contributed by atoms with van der Waals surface area (Å²) in [4.78, 5) is 23.7. The number of para-hydroxylation sites is 2. The Kier molecular flexibility index (Phi) is 4.74. The van der Waals surface area contributed by atoms with Crippen LogP contribution >= 0.6 is 0 Å². The third kappa shape index (κ3) is 3.71. The van der Waals surface area contributed by atoms with E-state index in [2.05, 4.69) is 5.32 Å². The first kappa shape index (κ1) is 16.0. The Hall–Kier alpha value is -2.89. The van der Waals surface area contributed by atoms with Gasteiger partial charge in [-0.2, -0.15) is 0 Å². The van der Waals surface area contributed by atoms with Crippen LogP contribution in [0.5, 0.6) is 0 Å². The molecule has 0 fully saturated rings. The summed E-state index contributed by atoms with van der Waals surface area (Å²) in [6, 6.07) is 13.4. The molecule has 24 heavy (non-hydrogen) atoms. The third-order valence-electron chi connectivity index (χ3n) is 3.76. The highest BCUT2D eigenvalue weighted by Crippen LogP contribution is 2.11. The number of carbonyl (C=O) groups excluding carboxylic acids is 1. The van der Waals surface area contributed by atoms with Gasteiger partial charge in [0, 0.05) is 19.5 Å². The van der Waals surface area contributed by atoms with Crippen LogP contribution in [0.2, 0.25) is 0 Å². The highest BCUT2D eigenvalue weighted by Gasteiger charge is 2.10. The molecule has 1 aromatic heterocycles. The Labute approximate surface area is 137 Å². The van der Waals surface area contributed by atoms with E-state index in [0.717, 1.165) is 5.56 Å². The van der Waals surface area contributed by atoms with Crippen molar-refractivity contribution in [1.82, 2.24) is 9.88 Å². The van der Waals surface area contributed by atoms with Gasteiger partial charge in [-0.3, -0.25) is 9.36 Å². The van der Waals surface area contributed by atoms with Gasteiger partial charge in [-0.15, -0.1) is 0 Å². The quantitative estimate of drug-likeness (QED) is 0.756. The number of hydrogen-bond donors (Lipinski definition) is 1. The summed E-state index contributed by atoms with van der Waals surface area (Å²) in [7, 11) is 0. The number of halogens is 1. The number of carbonyl (C=O) groups is 1. The average molecular weight is 328 g/mol. The fraction of sp³-hybridized carbons (Fsp3) is 0.222. The van der Waals surface area contributed by atoms with Crippen molar-refractivity contribution in [3.05, 3.63) is 70.5 Å². The smallest absolute Gasteiger partial charge is 0.408 e. The molecule has 0 atom stereocenters. The molecule has 0 bridgehead atoms. The maximum Gasteiger partial charge on any atom is 0.419 e. The molecule has 0 aliphatic carbocycles. The summed E-state index contributed by atoms with van der Waals surface area (Å²) in [6.45, 7) is 0.672. The largest absolute Gasteiger partial charge is 0.419 e. The Bertz CT molecular complexity index is 914. The summed E-state index contributed by atoms with van der Waals surface area (Å²) >= 11 is 0. The molecule has 0 saturated heterocycles.